The van der Waals surface area contributed by atoms with Gasteiger partial charge in [0.25, 0.3) is 0 Å². The lowest BCUT2D eigenvalue weighted by atomic mass is 10.1. The second kappa shape index (κ2) is 11.2. The molecule has 170 valence electrons. The van der Waals surface area contributed by atoms with Crippen molar-refractivity contribution in [3.05, 3.63) is 58.7 Å². The summed E-state index contributed by atoms with van der Waals surface area (Å²) in [5.74, 6) is 0.701. The van der Waals surface area contributed by atoms with Crippen LogP contribution < -0.4 is 14.4 Å². The van der Waals surface area contributed by atoms with E-state index in [2.05, 4.69) is 11.4 Å². The van der Waals surface area contributed by atoms with Crippen molar-refractivity contribution in [1.29, 1.82) is 0 Å². The van der Waals surface area contributed by atoms with Gasteiger partial charge in [0.2, 0.25) is 15.9 Å². The van der Waals surface area contributed by atoms with Gasteiger partial charge < -0.3 is 10.1 Å². The second-order valence-electron chi connectivity index (χ2n) is 7.84. The average Bonchev–Trinajstić information content (AvgIpc) is 2.69. The summed E-state index contributed by atoms with van der Waals surface area (Å²) in [6.07, 6.45) is 2.64. The molecule has 0 saturated heterocycles. The Kier molecular flexibility index (Phi) is 8.92. The van der Waals surface area contributed by atoms with Gasteiger partial charge in [-0.2, -0.15) is 0 Å². The van der Waals surface area contributed by atoms with E-state index in [1.807, 2.05) is 58.0 Å². The van der Waals surface area contributed by atoms with E-state index in [-0.39, 0.29) is 18.9 Å². The van der Waals surface area contributed by atoms with E-state index in [1.54, 1.807) is 0 Å². The first-order valence-electron chi connectivity index (χ1n) is 10.7. The lowest BCUT2D eigenvalue weighted by molar-refractivity contribution is -0.121. The molecule has 0 atom stereocenters. The van der Waals surface area contributed by atoms with Gasteiger partial charge in [-0.05, 0) is 56.4 Å². The van der Waals surface area contributed by atoms with Gasteiger partial charge in [-0.15, -0.1) is 0 Å². The Morgan fingerprint density at radius 2 is 1.84 bits per heavy atom. The molecule has 6 nitrogen and oxygen atoms in total. The summed E-state index contributed by atoms with van der Waals surface area (Å²) in [6, 6.07) is 11.8. The standard InChI is InChI=1S/C24H34N2O4S/c1-6-21-10-7-9-19(3)24(21)26(31(5,28)29)15-8-11-23(27)25-14-16-30-22-13-12-18(2)17-20(22)4/h7,9-10,12-13,17H,6,8,11,14-16H2,1-5H3,(H,25,27). The number of anilines is 1. The summed E-state index contributed by atoms with van der Waals surface area (Å²) >= 11 is 0. The van der Waals surface area contributed by atoms with Crippen molar-refractivity contribution in [3.63, 3.8) is 0 Å². The Morgan fingerprint density at radius 3 is 2.48 bits per heavy atom. The zero-order valence-electron chi connectivity index (χ0n) is 19.2. The topological polar surface area (TPSA) is 75.7 Å². The number of hydrogen-bond donors (Lipinski definition) is 1. The normalized spacial score (nSPS) is 11.3. The molecule has 0 aromatic heterocycles. The van der Waals surface area contributed by atoms with E-state index in [4.69, 9.17) is 4.74 Å². The van der Waals surface area contributed by atoms with E-state index in [0.29, 0.717) is 19.6 Å². The molecule has 0 bridgehead atoms. The fourth-order valence-electron chi connectivity index (χ4n) is 3.59. The van der Waals surface area contributed by atoms with Crippen LogP contribution in [0.25, 0.3) is 0 Å². The first-order chi connectivity index (χ1) is 14.6. The predicted molar refractivity (Wildman–Crippen MR) is 126 cm³/mol. The minimum absolute atomic E-state index is 0.113. The van der Waals surface area contributed by atoms with E-state index in [9.17, 15) is 13.2 Å². The number of benzene rings is 2. The maximum Gasteiger partial charge on any atom is 0.232 e. The van der Waals surface area contributed by atoms with Gasteiger partial charge >= 0.3 is 0 Å². The highest BCUT2D eigenvalue weighted by Crippen LogP contribution is 2.28. The molecule has 1 amide bonds. The first-order valence-corrected chi connectivity index (χ1v) is 12.5. The Morgan fingerprint density at radius 1 is 1.10 bits per heavy atom. The molecule has 1 N–H and O–H groups in total. The highest BCUT2D eigenvalue weighted by atomic mass is 32.2. The predicted octanol–water partition coefficient (Wildman–Crippen LogP) is 3.92. The van der Waals surface area contributed by atoms with Crippen molar-refractivity contribution < 1.29 is 17.9 Å². The van der Waals surface area contributed by atoms with Crippen molar-refractivity contribution in [2.75, 3.05) is 30.3 Å². The third-order valence-corrected chi connectivity index (χ3v) is 6.30. The number of sulfonamides is 1. The molecule has 0 fully saturated rings. The third kappa shape index (κ3) is 7.28. The molecule has 0 aliphatic carbocycles. The van der Waals surface area contributed by atoms with Crippen LogP contribution in [0.2, 0.25) is 0 Å². The maximum absolute atomic E-state index is 12.4. The first kappa shape index (κ1) is 24.7. The van der Waals surface area contributed by atoms with Crippen molar-refractivity contribution in [1.82, 2.24) is 5.32 Å². The number of hydrogen-bond acceptors (Lipinski definition) is 4. The molecule has 0 unspecified atom stereocenters. The molecule has 0 radical (unpaired) electrons. The summed E-state index contributed by atoms with van der Waals surface area (Å²) < 4.78 is 32.0. The quantitative estimate of drug-likeness (QED) is 0.531. The molecule has 0 spiro atoms. The smallest absolute Gasteiger partial charge is 0.232 e. The number of amides is 1. The third-order valence-electron chi connectivity index (χ3n) is 5.13. The fourth-order valence-corrected chi connectivity index (χ4v) is 4.64. The van der Waals surface area contributed by atoms with E-state index in [0.717, 1.165) is 34.5 Å². The largest absolute Gasteiger partial charge is 0.491 e. The number of para-hydroxylation sites is 1. The molecule has 7 heteroatoms. The molecule has 2 aromatic rings. The van der Waals surface area contributed by atoms with Crippen molar-refractivity contribution >= 4 is 21.6 Å². The van der Waals surface area contributed by atoms with Crippen LogP contribution in [-0.4, -0.2) is 40.3 Å². The van der Waals surface area contributed by atoms with Crippen LogP contribution in [0.3, 0.4) is 0 Å². The Balaban J connectivity index is 1.85. The number of carbonyl (C=O) groups excluding carboxylic acids is 1. The molecule has 31 heavy (non-hydrogen) atoms. The SMILES string of the molecule is CCc1cccc(C)c1N(CCCC(=O)NCCOc1ccc(C)cc1C)S(C)(=O)=O. The van der Waals surface area contributed by atoms with Crippen LogP contribution in [0.5, 0.6) is 5.75 Å². The lowest BCUT2D eigenvalue weighted by Crippen LogP contribution is -2.34. The summed E-state index contributed by atoms with van der Waals surface area (Å²) in [5, 5.41) is 2.84. The molecular weight excluding hydrogens is 412 g/mol. The van der Waals surface area contributed by atoms with Gasteiger partial charge in [0, 0.05) is 13.0 Å². The second-order valence-corrected chi connectivity index (χ2v) is 9.75. The van der Waals surface area contributed by atoms with Crippen molar-refractivity contribution in [3.8, 4) is 5.75 Å². The van der Waals surface area contributed by atoms with Crippen LogP contribution in [-0.2, 0) is 21.2 Å². The minimum atomic E-state index is -3.45. The summed E-state index contributed by atoms with van der Waals surface area (Å²) in [5.41, 5.74) is 4.87. The minimum Gasteiger partial charge on any atom is -0.491 e. The van der Waals surface area contributed by atoms with Gasteiger partial charge in [0.1, 0.15) is 12.4 Å². The van der Waals surface area contributed by atoms with Gasteiger partial charge in [-0.25, -0.2) is 8.42 Å². The average molecular weight is 447 g/mol. The number of nitrogens with zero attached hydrogens (tertiary/aromatic N) is 1. The number of nitrogens with one attached hydrogen (secondary N) is 1. The van der Waals surface area contributed by atoms with Crippen LogP contribution in [0, 0.1) is 20.8 Å². The fraction of sp³-hybridized carbons (Fsp3) is 0.458. The van der Waals surface area contributed by atoms with Gasteiger partial charge in [0.15, 0.2) is 0 Å². The maximum atomic E-state index is 12.4. The highest BCUT2D eigenvalue weighted by Gasteiger charge is 2.21. The molecule has 0 heterocycles. The van der Waals surface area contributed by atoms with Crippen LogP contribution in [0.4, 0.5) is 5.69 Å². The number of rotatable bonds is 11. The van der Waals surface area contributed by atoms with Crippen LogP contribution in [0.1, 0.15) is 42.0 Å². The molecule has 2 rings (SSSR count). The molecule has 2 aromatic carbocycles. The zero-order chi connectivity index (χ0) is 23.0. The number of ether oxygens (including phenoxy) is 1. The lowest BCUT2D eigenvalue weighted by Gasteiger charge is -2.26. The summed E-state index contributed by atoms with van der Waals surface area (Å²) in [4.78, 5) is 12.2. The van der Waals surface area contributed by atoms with Crippen LogP contribution in [0.15, 0.2) is 36.4 Å². The van der Waals surface area contributed by atoms with E-state index < -0.39 is 10.0 Å². The summed E-state index contributed by atoms with van der Waals surface area (Å²) in [7, 11) is -3.45. The van der Waals surface area contributed by atoms with Crippen LogP contribution >= 0.6 is 0 Å². The number of aryl methyl sites for hydroxylation is 4. The number of carbonyl (C=O) groups is 1. The molecule has 0 saturated carbocycles. The van der Waals surface area contributed by atoms with Crippen molar-refractivity contribution in [2.45, 2.75) is 47.0 Å². The van der Waals surface area contributed by atoms with Crippen molar-refractivity contribution in [2.24, 2.45) is 0 Å². The monoisotopic (exact) mass is 446 g/mol. The van der Waals surface area contributed by atoms with E-state index in [1.165, 1.54) is 16.1 Å². The Labute approximate surface area is 186 Å². The summed E-state index contributed by atoms with van der Waals surface area (Å²) in [6.45, 7) is 9.00. The molecule has 0 aliphatic rings. The molecule has 0 aliphatic heterocycles. The van der Waals surface area contributed by atoms with Gasteiger partial charge in [0.05, 0.1) is 18.5 Å². The highest BCUT2D eigenvalue weighted by molar-refractivity contribution is 7.92. The Hall–Kier alpha value is -2.54. The van der Waals surface area contributed by atoms with Gasteiger partial charge in [-0.1, -0.05) is 42.8 Å². The van der Waals surface area contributed by atoms with E-state index >= 15 is 0 Å². The Bertz CT molecular complexity index is 1000. The van der Waals surface area contributed by atoms with Gasteiger partial charge in [-0.3, -0.25) is 9.10 Å². The molecular formula is C24H34N2O4S. The zero-order valence-corrected chi connectivity index (χ0v) is 20.0.